The van der Waals surface area contributed by atoms with E-state index in [2.05, 4.69) is 38.2 Å². The number of nitrogens with zero attached hydrogens (tertiary/aromatic N) is 1. The lowest BCUT2D eigenvalue weighted by molar-refractivity contribution is 0.173. The molecule has 3 nitrogen and oxygen atoms in total. The van der Waals surface area contributed by atoms with Gasteiger partial charge in [-0.15, -0.1) is 0 Å². The van der Waals surface area contributed by atoms with Crippen molar-refractivity contribution in [3.05, 3.63) is 0 Å². The van der Waals surface area contributed by atoms with Crippen molar-refractivity contribution in [2.24, 2.45) is 5.92 Å². The van der Waals surface area contributed by atoms with Crippen LogP contribution in [0.5, 0.6) is 0 Å². The summed E-state index contributed by atoms with van der Waals surface area (Å²) >= 11 is 0. The van der Waals surface area contributed by atoms with Crippen LogP contribution >= 0.6 is 0 Å². The Morgan fingerprint density at radius 1 is 1.47 bits per heavy atom. The Morgan fingerprint density at radius 3 is 2.67 bits per heavy atom. The Morgan fingerprint density at radius 2 is 2.20 bits per heavy atom. The second-order valence-corrected chi connectivity index (χ2v) is 4.86. The summed E-state index contributed by atoms with van der Waals surface area (Å²) in [5.41, 5.74) is 0. The summed E-state index contributed by atoms with van der Waals surface area (Å²) in [5.74, 6) is 0.726. The highest BCUT2D eigenvalue weighted by atomic mass is 16.5. The number of hydrogen-bond donors (Lipinski definition) is 1. The first-order chi connectivity index (χ1) is 7.15. The average molecular weight is 214 g/mol. The molecule has 3 heteroatoms. The Bertz CT molecular complexity index is 167. The van der Waals surface area contributed by atoms with Crippen molar-refractivity contribution >= 4 is 0 Å². The Balaban J connectivity index is 2.27. The first-order valence-electron chi connectivity index (χ1n) is 6.12. The van der Waals surface area contributed by atoms with E-state index in [1.807, 2.05) is 0 Å². The van der Waals surface area contributed by atoms with Crippen molar-refractivity contribution in [1.82, 2.24) is 10.2 Å². The van der Waals surface area contributed by atoms with Crippen LogP contribution in [0.4, 0.5) is 0 Å². The highest BCUT2D eigenvalue weighted by Crippen LogP contribution is 2.18. The number of nitrogens with one attached hydrogen (secondary N) is 1. The van der Waals surface area contributed by atoms with Gasteiger partial charge in [-0.1, -0.05) is 6.92 Å². The lowest BCUT2D eigenvalue weighted by atomic mass is 9.96. The van der Waals surface area contributed by atoms with Crippen molar-refractivity contribution in [3.63, 3.8) is 0 Å². The molecule has 0 amide bonds. The maximum Gasteiger partial charge on any atom is 0.0509 e. The van der Waals surface area contributed by atoms with Crippen LogP contribution in [-0.4, -0.2) is 50.8 Å². The second-order valence-electron chi connectivity index (χ2n) is 4.86. The van der Waals surface area contributed by atoms with Crippen LogP contribution in [0.3, 0.4) is 0 Å². The third-order valence-electron chi connectivity index (χ3n) is 3.53. The molecular weight excluding hydrogens is 188 g/mol. The maximum absolute atomic E-state index is 5.44. The molecule has 0 aromatic rings. The highest BCUT2D eigenvalue weighted by Gasteiger charge is 2.24. The molecule has 0 radical (unpaired) electrons. The Kier molecular flexibility index (Phi) is 5.58. The van der Waals surface area contributed by atoms with E-state index in [0.29, 0.717) is 12.1 Å². The van der Waals surface area contributed by atoms with Gasteiger partial charge in [0.1, 0.15) is 0 Å². The largest absolute Gasteiger partial charge is 0.381 e. The van der Waals surface area contributed by atoms with E-state index in [1.165, 1.54) is 12.8 Å². The lowest BCUT2D eigenvalue weighted by Gasteiger charge is -2.27. The molecule has 1 saturated heterocycles. The van der Waals surface area contributed by atoms with Gasteiger partial charge < -0.3 is 15.0 Å². The van der Waals surface area contributed by atoms with Crippen molar-refractivity contribution in [2.75, 3.05) is 33.9 Å². The minimum atomic E-state index is 0.598. The van der Waals surface area contributed by atoms with Crippen LogP contribution in [0.1, 0.15) is 26.7 Å². The van der Waals surface area contributed by atoms with Crippen molar-refractivity contribution in [1.29, 1.82) is 0 Å². The molecule has 1 rings (SSSR count). The second kappa shape index (κ2) is 6.46. The summed E-state index contributed by atoms with van der Waals surface area (Å²) < 4.78 is 5.44. The molecule has 3 unspecified atom stereocenters. The summed E-state index contributed by atoms with van der Waals surface area (Å²) in [6, 6.07) is 1.23. The fraction of sp³-hybridized carbons (Fsp3) is 1.00. The van der Waals surface area contributed by atoms with E-state index in [0.717, 1.165) is 25.7 Å². The minimum absolute atomic E-state index is 0.598. The Labute approximate surface area is 94.2 Å². The van der Waals surface area contributed by atoms with E-state index >= 15 is 0 Å². The molecule has 1 heterocycles. The molecule has 0 spiro atoms. The topological polar surface area (TPSA) is 24.5 Å². The normalized spacial score (nSPS) is 25.8. The van der Waals surface area contributed by atoms with E-state index < -0.39 is 0 Å². The van der Waals surface area contributed by atoms with E-state index in [9.17, 15) is 0 Å². The molecule has 0 aromatic carbocycles. The molecular formula is C12H26N2O. The fourth-order valence-corrected chi connectivity index (χ4v) is 2.02. The molecule has 0 saturated carbocycles. The predicted molar refractivity (Wildman–Crippen MR) is 64.2 cm³/mol. The van der Waals surface area contributed by atoms with Crippen LogP contribution in [0, 0.1) is 5.92 Å². The molecule has 15 heavy (non-hydrogen) atoms. The van der Waals surface area contributed by atoms with Gasteiger partial charge in [0.25, 0.3) is 0 Å². The standard InChI is InChI=1S/C12H26N2O/c1-5-12(11-6-7-15-9-11)13-8-10(2)14(3)4/h10-13H,5-9H2,1-4H3. The zero-order valence-electron chi connectivity index (χ0n) is 10.6. The molecule has 1 N–H and O–H groups in total. The number of ether oxygens (including phenoxy) is 1. The van der Waals surface area contributed by atoms with Crippen LogP contribution in [-0.2, 0) is 4.74 Å². The zero-order chi connectivity index (χ0) is 11.3. The van der Waals surface area contributed by atoms with Crippen LogP contribution in [0.2, 0.25) is 0 Å². The zero-order valence-corrected chi connectivity index (χ0v) is 10.6. The summed E-state index contributed by atoms with van der Waals surface area (Å²) in [6.07, 6.45) is 2.43. The van der Waals surface area contributed by atoms with Gasteiger partial charge in [-0.2, -0.15) is 0 Å². The van der Waals surface area contributed by atoms with Crippen molar-refractivity contribution < 1.29 is 4.74 Å². The molecule has 1 fully saturated rings. The van der Waals surface area contributed by atoms with Gasteiger partial charge in [0.15, 0.2) is 0 Å². The highest BCUT2D eigenvalue weighted by molar-refractivity contribution is 4.79. The molecule has 0 aliphatic carbocycles. The summed E-state index contributed by atoms with van der Waals surface area (Å²) in [7, 11) is 4.26. The summed E-state index contributed by atoms with van der Waals surface area (Å²) in [5, 5.41) is 3.67. The number of rotatable bonds is 6. The molecule has 0 aromatic heterocycles. The van der Waals surface area contributed by atoms with Crippen LogP contribution in [0.15, 0.2) is 0 Å². The lowest BCUT2D eigenvalue weighted by Crippen LogP contribution is -2.43. The van der Waals surface area contributed by atoms with Gasteiger partial charge in [-0.25, -0.2) is 0 Å². The Hall–Kier alpha value is -0.120. The first kappa shape index (κ1) is 12.9. The monoisotopic (exact) mass is 214 g/mol. The molecule has 1 aliphatic heterocycles. The SMILES string of the molecule is CCC(NCC(C)N(C)C)C1CCOC1. The predicted octanol–water partition coefficient (Wildman–Crippen LogP) is 1.34. The van der Waals surface area contributed by atoms with E-state index in [1.54, 1.807) is 0 Å². The van der Waals surface area contributed by atoms with Gasteiger partial charge in [0.05, 0.1) is 6.61 Å². The molecule has 1 aliphatic rings. The third kappa shape index (κ3) is 4.09. The summed E-state index contributed by atoms with van der Waals surface area (Å²) in [4.78, 5) is 2.25. The van der Waals surface area contributed by atoms with E-state index in [-0.39, 0.29) is 0 Å². The number of likely N-dealkylation sites (N-methyl/N-ethyl adjacent to an activating group) is 1. The third-order valence-corrected chi connectivity index (χ3v) is 3.53. The first-order valence-corrected chi connectivity index (χ1v) is 6.12. The van der Waals surface area contributed by atoms with Gasteiger partial charge >= 0.3 is 0 Å². The quantitative estimate of drug-likeness (QED) is 0.722. The molecule has 0 bridgehead atoms. The fourth-order valence-electron chi connectivity index (χ4n) is 2.02. The van der Waals surface area contributed by atoms with Crippen LogP contribution in [0.25, 0.3) is 0 Å². The average Bonchev–Trinajstić information content (AvgIpc) is 2.71. The summed E-state index contributed by atoms with van der Waals surface area (Å²) in [6.45, 7) is 7.48. The molecule has 90 valence electrons. The van der Waals surface area contributed by atoms with Crippen LogP contribution < -0.4 is 5.32 Å². The van der Waals surface area contributed by atoms with Crippen molar-refractivity contribution in [2.45, 2.75) is 38.8 Å². The maximum atomic E-state index is 5.44. The van der Waals surface area contributed by atoms with E-state index in [4.69, 9.17) is 4.74 Å². The van der Waals surface area contributed by atoms with Gasteiger partial charge in [-0.05, 0) is 39.8 Å². The minimum Gasteiger partial charge on any atom is -0.381 e. The number of hydrogen-bond acceptors (Lipinski definition) is 3. The van der Waals surface area contributed by atoms with Gasteiger partial charge in [0, 0.05) is 25.2 Å². The smallest absolute Gasteiger partial charge is 0.0509 e. The van der Waals surface area contributed by atoms with Gasteiger partial charge in [0.2, 0.25) is 0 Å². The van der Waals surface area contributed by atoms with Gasteiger partial charge in [-0.3, -0.25) is 0 Å². The van der Waals surface area contributed by atoms with Crippen molar-refractivity contribution in [3.8, 4) is 0 Å². The molecule has 3 atom stereocenters.